The molecule has 0 bridgehead atoms. The number of carbonyl (C=O) groups is 1. The van der Waals surface area contributed by atoms with E-state index in [0.717, 1.165) is 58.1 Å². The molecule has 1 aromatic rings. The molecule has 7 nitrogen and oxygen atoms in total. The van der Waals surface area contributed by atoms with Crippen molar-refractivity contribution in [2.75, 3.05) is 46.9 Å². The van der Waals surface area contributed by atoms with Crippen LogP contribution in [0.15, 0.2) is 29.3 Å². The van der Waals surface area contributed by atoms with Crippen molar-refractivity contribution in [2.24, 2.45) is 10.9 Å². The van der Waals surface area contributed by atoms with Gasteiger partial charge in [-0.15, -0.1) is 24.0 Å². The number of carbonyl (C=O) groups excluding carboxylic acids is 1. The highest BCUT2D eigenvalue weighted by atomic mass is 127. The van der Waals surface area contributed by atoms with E-state index in [1.54, 1.807) is 4.90 Å². The summed E-state index contributed by atoms with van der Waals surface area (Å²) in [5, 5.41) is 7.04. The summed E-state index contributed by atoms with van der Waals surface area (Å²) >= 11 is 0. The molecule has 0 unspecified atom stereocenters. The molecular formula is C23H38IN5O2. The van der Waals surface area contributed by atoms with Crippen LogP contribution in [0.3, 0.4) is 0 Å². The SMILES string of the molecule is CN=C(NCC1CCN(Cc2ccc(C)cc2)CC1)NC1CCN(C(=O)OC)CC1.I. The summed E-state index contributed by atoms with van der Waals surface area (Å²) in [5.41, 5.74) is 2.72. The van der Waals surface area contributed by atoms with Crippen LogP contribution in [-0.4, -0.2) is 74.8 Å². The van der Waals surface area contributed by atoms with Gasteiger partial charge < -0.3 is 20.3 Å². The van der Waals surface area contributed by atoms with Gasteiger partial charge in [-0.3, -0.25) is 9.89 Å². The van der Waals surface area contributed by atoms with Crippen LogP contribution in [0.25, 0.3) is 0 Å². The van der Waals surface area contributed by atoms with Gasteiger partial charge in [0.1, 0.15) is 0 Å². The number of ether oxygens (including phenoxy) is 1. The number of nitrogens with one attached hydrogen (secondary N) is 2. The molecule has 2 aliphatic heterocycles. The Hall–Kier alpha value is -1.55. The molecule has 0 atom stereocenters. The molecule has 2 fully saturated rings. The second kappa shape index (κ2) is 13.1. The Morgan fingerprint density at radius 2 is 1.74 bits per heavy atom. The Bertz CT molecular complexity index is 696. The highest BCUT2D eigenvalue weighted by Gasteiger charge is 2.24. The van der Waals surface area contributed by atoms with Gasteiger partial charge in [0.15, 0.2) is 5.96 Å². The number of piperidine rings is 2. The monoisotopic (exact) mass is 543 g/mol. The van der Waals surface area contributed by atoms with Crippen LogP contribution in [-0.2, 0) is 11.3 Å². The Labute approximate surface area is 204 Å². The summed E-state index contributed by atoms with van der Waals surface area (Å²) in [7, 11) is 3.26. The maximum Gasteiger partial charge on any atom is 0.409 e. The van der Waals surface area contributed by atoms with E-state index in [0.29, 0.717) is 12.0 Å². The van der Waals surface area contributed by atoms with E-state index in [1.165, 1.54) is 31.1 Å². The van der Waals surface area contributed by atoms with Crippen LogP contribution in [0, 0.1) is 12.8 Å². The molecule has 2 saturated heterocycles. The zero-order valence-electron chi connectivity index (χ0n) is 19.1. The predicted molar refractivity (Wildman–Crippen MR) is 136 cm³/mol. The van der Waals surface area contributed by atoms with Gasteiger partial charge in [0.05, 0.1) is 7.11 Å². The minimum atomic E-state index is -0.232. The van der Waals surface area contributed by atoms with Crippen LogP contribution in [0.4, 0.5) is 4.79 Å². The molecule has 1 amide bonds. The first-order valence-corrected chi connectivity index (χ1v) is 11.2. The summed E-state index contributed by atoms with van der Waals surface area (Å²) in [6.45, 7) is 7.89. The van der Waals surface area contributed by atoms with Gasteiger partial charge in [-0.2, -0.15) is 0 Å². The van der Waals surface area contributed by atoms with Crippen molar-refractivity contribution in [1.29, 1.82) is 0 Å². The van der Waals surface area contributed by atoms with Crippen LogP contribution in [0.5, 0.6) is 0 Å². The van der Waals surface area contributed by atoms with Gasteiger partial charge in [0, 0.05) is 39.3 Å². The van der Waals surface area contributed by atoms with Crippen LogP contribution in [0.2, 0.25) is 0 Å². The standard InChI is InChI=1S/C23H37N5O2.HI/c1-18-4-6-20(7-5-18)17-27-12-8-19(9-13-27)16-25-22(24-2)26-21-10-14-28(15-11-21)23(29)30-3;/h4-7,19,21H,8-17H2,1-3H3,(H2,24,25,26);1H. The number of likely N-dealkylation sites (tertiary alicyclic amines) is 2. The summed E-state index contributed by atoms with van der Waals surface area (Å²) in [6.07, 6.45) is 4.02. The molecule has 0 spiro atoms. The number of methoxy groups -OCH3 is 1. The zero-order valence-corrected chi connectivity index (χ0v) is 21.4. The Morgan fingerprint density at radius 1 is 1.10 bits per heavy atom. The smallest absolute Gasteiger partial charge is 0.409 e. The van der Waals surface area contributed by atoms with Crippen molar-refractivity contribution >= 4 is 36.0 Å². The highest BCUT2D eigenvalue weighted by molar-refractivity contribution is 14.0. The van der Waals surface area contributed by atoms with E-state index in [9.17, 15) is 4.79 Å². The lowest BCUT2D eigenvalue weighted by atomic mass is 9.96. The number of rotatable bonds is 5. The van der Waals surface area contributed by atoms with Crippen molar-refractivity contribution in [2.45, 2.75) is 45.2 Å². The molecule has 174 valence electrons. The van der Waals surface area contributed by atoms with Gasteiger partial charge in [-0.05, 0) is 57.2 Å². The lowest BCUT2D eigenvalue weighted by Gasteiger charge is -2.34. The fourth-order valence-electron chi connectivity index (χ4n) is 4.26. The topological polar surface area (TPSA) is 69.2 Å². The molecule has 0 aromatic heterocycles. The Morgan fingerprint density at radius 3 is 2.32 bits per heavy atom. The number of nitrogens with zero attached hydrogens (tertiary/aromatic N) is 3. The van der Waals surface area contributed by atoms with E-state index in [1.807, 2.05) is 7.05 Å². The number of halogens is 1. The van der Waals surface area contributed by atoms with Crippen molar-refractivity contribution in [3.63, 3.8) is 0 Å². The van der Waals surface area contributed by atoms with Crippen molar-refractivity contribution in [1.82, 2.24) is 20.4 Å². The first kappa shape index (κ1) is 25.7. The summed E-state index contributed by atoms with van der Waals surface area (Å²) < 4.78 is 4.81. The van der Waals surface area contributed by atoms with E-state index in [4.69, 9.17) is 4.74 Å². The molecule has 2 aliphatic rings. The highest BCUT2D eigenvalue weighted by Crippen LogP contribution is 2.19. The second-order valence-electron chi connectivity index (χ2n) is 8.53. The maximum atomic E-state index is 11.6. The van der Waals surface area contributed by atoms with Crippen molar-refractivity contribution < 1.29 is 9.53 Å². The molecule has 0 saturated carbocycles. The van der Waals surface area contributed by atoms with Crippen LogP contribution < -0.4 is 10.6 Å². The molecule has 0 radical (unpaired) electrons. The third-order valence-corrected chi connectivity index (χ3v) is 6.28. The van der Waals surface area contributed by atoms with Gasteiger partial charge in [0.2, 0.25) is 0 Å². The number of guanidine groups is 1. The molecular weight excluding hydrogens is 505 g/mol. The quantitative estimate of drug-likeness (QED) is 0.339. The largest absolute Gasteiger partial charge is 0.453 e. The van der Waals surface area contributed by atoms with E-state index < -0.39 is 0 Å². The molecule has 0 aliphatic carbocycles. The van der Waals surface area contributed by atoms with E-state index >= 15 is 0 Å². The number of benzene rings is 1. The third kappa shape index (κ3) is 8.14. The normalized spacial score (nSPS) is 18.9. The number of aliphatic imine (C=N–C) groups is 1. The lowest BCUT2D eigenvalue weighted by Crippen LogP contribution is -2.50. The maximum absolute atomic E-state index is 11.6. The molecule has 2 N–H and O–H groups in total. The minimum Gasteiger partial charge on any atom is -0.453 e. The Balaban J connectivity index is 0.00000341. The van der Waals surface area contributed by atoms with Crippen LogP contribution >= 0.6 is 24.0 Å². The fourth-order valence-corrected chi connectivity index (χ4v) is 4.26. The van der Waals surface area contributed by atoms with E-state index in [2.05, 4.69) is 51.7 Å². The number of hydrogen-bond acceptors (Lipinski definition) is 4. The molecule has 3 rings (SSSR count). The number of aryl methyl sites for hydroxylation is 1. The number of hydrogen-bond donors (Lipinski definition) is 2. The first-order chi connectivity index (χ1) is 14.6. The second-order valence-corrected chi connectivity index (χ2v) is 8.53. The van der Waals surface area contributed by atoms with Gasteiger partial charge in [0.25, 0.3) is 0 Å². The average Bonchev–Trinajstić information content (AvgIpc) is 2.79. The molecule has 2 heterocycles. The van der Waals surface area contributed by atoms with Crippen molar-refractivity contribution in [3.8, 4) is 0 Å². The van der Waals surface area contributed by atoms with Gasteiger partial charge in [-0.25, -0.2) is 4.79 Å². The average molecular weight is 543 g/mol. The minimum absolute atomic E-state index is 0. The third-order valence-electron chi connectivity index (χ3n) is 6.28. The van der Waals surface area contributed by atoms with Gasteiger partial charge in [-0.1, -0.05) is 29.8 Å². The predicted octanol–water partition coefficient (Wildman–Crippen LogP) is 3.22. The van der Waals surface area contributed by atoms with E-state index in [-0.39, 0.29) is 30.1 Å². The van der Waals surface area contributed by atoms with Crippen LogP contribution in [0.1, 0.15) is 36.8 Å². The molecule has 8 heteroatoms. The number of amides is 1. The molecule has 1 aromatic carbocycles. The van der Waals surface area contributed by atoms with Gasteiger partial charge >= 0.3 is 6.09 Å². The van der Waals surface area contributed by atoms with Crippen molar-refractivity contribution in [3.05, 3.63) is 35.4 Å². The fraction of sp³-hybridized carbons (Fsp3) is 0.652. The zero-order chi connectivity index (χ0) is 21.3. The molecule has 31 heavy (non-hydrogen) atoms. The summed E-state index contributed by atoms with van der Waals surface area (Å²) in [6, 6.07) is 9.23. The summed E-state index contributed by atoms with van der Waals surface area (Å²) in [4.78, 5) is 20.3. The lowest BCUT2D eigenvalue weighted by molar-refractivity contribution is 0.111. The first-order valence-electron chi connectivity index (χ1n) is 11.2. The summed E-state index contributed by atoms with van der Waals surface area (Å²) in [5.74, 6) is 1.55. The Kier molecular flexibility index (Phi) is 10.9.